The van der Waals surface area contributed by atoms with Crippen LogP contribution in [-0.4, -0.2) is 18.7 Å². The summed E-state index contributed by atoms with van der Waals surface area (Å²) in [4.78, 5) is 0. The van der Waals surface area contributed by atoms with Crippen LogP contribution in [0.5, 0.6) is 0 Å². The van der Waals surface area contributed by atoms with E-state index < -0.39 is 0 Å². The number of fused-ring (bicyclic) bond motifs is 4. The third kappa shape index (κ3) is 7.54. The minimum absolute atomic E-state index is 1.03. The molecule has 0 unspecified atom stereocenters. The summed E-state index contributed by atoms with van der Waals surface area (Å²) in [5, 5.41) is 21.2. The smallest absolute Gasteiger partial charge is 0.0737 e. The average Bonchev–Trinajstić information content (AvgIpc) is 0.974. The van der Waals surface area contributed by atoms with Crippen LogP contribution in [0.25, 0.3) is 75.9 Å². The lowest BCUT2D eigenvalue weighted by Gasteiger charge is -2.36. The predicted molar refractivity (Wildman–Crippen MR) is 353 cm³/mol. The lowest BCUT2D eigenvalue weighted by molar-refractivity contribution is 0.814. The molecule has 16 rings (SSSR count). The minimum Gasteiger partial charge on any atom is -0.253 e. The molecule has 0 aliphatic heterocycles. The molecule has 0 bridgehead atoms. The highest BCUT2D eigenvalue weighted by Gasteiger charge is 2.31. The van der Waals surface area contributed by atoms with Gasteiger partial charge in [-0.3, -0.25) is 18.7 Å². The number of para-hydroxylation sites is 8. The van der Waals surface area contributed by atoms with E-state index in [1.54, 1.807) is 0 Å². The molecule has 402 valence electrons. The van der Waals surface area contributed by atoms with Crippen molar-refractivity contribution >= 4 is 121 Å². The molecule has 0 aliphatic rings. The molecule has 4 aromatic heterocycles. The standard InChI is InChI=1S/C76H58N8/c1-51-45-55-25-17-21-37-67(55)77(51)81(59-29-9-5-10-30-59)71-49-72(82(60-31-11-6-12-32-60)78-52(2)46-56-26-18-22-38-68(56)78)64-43-44-66-74(84(62-35-15-8-16-36-62)80-54(4)48-58-28-20-24-40-70(58)80)50-73(65-42-41-63(71)75(64)76(65)66)83(61-33-13-7-14-34-61)79-53(3)47-57-27-19-23-39-69(57)79/h5-50H,1-4H3. The van der Waals surface area contributed by atoms with Crippen LogP contribution in [-0.2, 0) is 0 Å². The highest BCUT2D eigenvalue weighted by atomic mass is 15.6. The van der Waals surface area contributed by atoms with Gasteiger partial charge in [0.15, 0.2) is 0 Å². The van der Waals surface area contributed by atoms with Crippen LogP contribution in [0.15, 0.2) is 279 Å². The molecular formula is C76H58N8. The molecule has 8 heteroatoms. The van der Waals surface area contributed by atoms with E-state index in [2.05, 4.69) is 345 Å². The van der Waals surface area contributed by atoms with Gasteiger partial charge < -0.3 is 0 Å². The minimum atomic E-state index is 1.03. The summed E-state index contributed by atoms with van der Waals surface area (Å²) in [5.74, 6) is 0. The van der Waals surface area contributed by atoms with Gasteiger partial charge >= 0.3 is 0 Å². The van der Waals surface area contributed by atoms with Crippen molar-refractivity contribution in [2.45, 2.75) is 27.7 Å². The number of nitrogens with zero attached hydrogens (tertiary/aromatic N) is 8. The van der Waals surface area contributed by atoms with Crippen LogP contribution in [0.2, 0.25) is 0 Å². The highest BCUT2D eigenvalue weighted by Crippen LogP contribution is 2.53. The Morgan fingerprint density at radius 1 is 0.214 bits per heavy atom. The first-order valence-corrected chi connectivity index (χ1v) is 28.9. The SMILES string of the molecule is Cc1cc2ccccc2n1N(c1ccccc1)c1cc(N(c2ccccc2)n2c(C)cc3ccccc32)c2ccc3c(N(c4ccccc4)n4c(C)cc5ccccc54)cc(N(c4ccccc4)n4c(C)cc5ccccc54)c4ccc1c2c43. The Labute approximate surface area is 487 Å². The van der Waals surface area contributed by atoms with Crippen molar-refractivity contribution in [1.29, 1.82) is 0 Å². The van der Waals surface area contributed by atoms with E-state index in [9.17, 15) is 0 Å². The second-order valence-corrected chi connectivity index (χ2v) is 22.1. The zero-order valence-electron chi connectivity index (χ0n) is 47.1. The number of hydrogen-bond acceptors (Lipinski definition) is 4. The van der Waals surface area contributed by atoms with Gasteiger partial charge in [-0.15, -0.1) is 0 Å². The number of aromatic nitrogens is 4. The summed E-state index contributed by atoms with van der Waals surface area (Å²) < 4.78 is 9.65. The number of benzene rings is 12. The van der Waals surface area contributed by atoms with E-state index in [1.807, 2.05) is 0 Å². The summed E-state index contributed by atoms with van der Waals surface area (Å²) in [6.07, 6.45) is 0. The van der Waals surface area contributed by atoms with Crippen molar-refractivity contribution in [2.75, 3.05) is 20.0 Å². The second-order valence-electron chi connectivity index (χ2n) is 22.1. The van der Waals surface area contributed by atoms with Crippen LogP contribution in [0.4, 0.5) is 45.5 Å². The maximum Gasteiger partial charge on any atom is 0.0737 e. The molecule has 0 amide bonds. The maximum atomic E-state index is 2.45. The van der Waals surface area contributed by atoms with E-state index in [0.717, 1.165) is 123 Å². The second kappa shape index (κ2) is 19.4. The summed E-state index contributed by atoms with van der Waals surface area (Å²) in [7, 11) is 0. The zero-order valence-corrected chi connectivity index (χ0v) is 47.1. The Balaban J connectivity index is 1.13. The third-order valence-electron chi connectivity index (χ3n) is 17.0. The molecule has 0 atom stereocenters. The summed E-state index contributed by atoms with van der Waals surface area (Å²) in [6.45, 7) is 8.92. The van der Waals surface area contributed by atoms with Crippen molar-refractivity contribution in [3.05, 3.63) is 302 Å². The Hall–Kier alpha value is -11.0. The molecule has 0 radical (unpaired) electrons. The molecule has 4 heterocycles. The lowest BCUT2D eigenvalue weighted by Crippen LogP contribution is -2.29. The van der Waals surface area contributed by atoms with Crippen LogP contribution in [0.1, 0.15) is 22.8 Å². The Kier molecular flexibility index (Phi) is 11.3. The van der Waals surface area contributed by atoms with Gasteiger partial charge in [0.25, 0.3) is 0 Å². The summed E-state index contributed by atoms with van der Waals surface area (Å²) >= 11 is 0. The van der Waals surface area contributed by atoms with E-state index in [4.69, 9.17) is 0 Å². The van der Waals surface area contributed by atoms with E-state index in [-0.39, 0.29) is 0 Å². The van der Waals surface area contributed by atoms with E-state index >= 15 is 0 Å². The van der Waals surface area contributed by atoms with E-state index in [0.29, 0.717) is 0 Å². The van der Waals surface area contributed by atoms with Gasteiger partial charge in [0, 0.05) is 76.6 Å². The largest absolute Gasteiger partial charge is 0.253 e. The summed E-state index contributed by atoms with van der Waals surface area (Å²) in [6, 6.07) is 102. The normalized spacial score (nSPS) is 11.8. The first-order chi connectivity index (χ1) is 41.4. The number of hydrogen-bond donors (Lipinski definition) is 0. The molecule has 0 N–H and O–H groups in total. The van der Waals surface area contributed by atoms with Crippen LogP contribution in [0.3, 0.4) is 0 Å². The average molecular weight is 1080 g/mol. The molecule has 0 saturated carbocycles. The topological polar surface area (TPSA) is 32.7 Å². The molecule has 84 heavy (non-hydrogen) atoms. The van der Waals surface area contributed by atoms with Crippen LogP contribution in [0, 0.1) is 27.7 Å². The van der Waals surface area contributed by atoms with Crippen LogP contribution >= 0.6 is 0 Å². The first kappa shape index (κ1) is 48.9. The number of aryl methyl sites for hydroxylation is 4. The van der Waals surface area contributed by atoms with Gasteiger partial charge in [0.2, 0.25) is 0 Å². The fourth-order valence-corrected chi connectivity index (χ4v) is 13.5. The Morgan fingerprint density at radius 3 is 0.643 bits per heavy atom. The van der Waals surface area contributed by atoms with Crippen LogP contribution < -0.4 is 20.0 Å². The molecule has 0 fully saturated rings. The Bertz CT molecular complexity index is 4510. The summed E-state index contributed by atoms with van der Waals surface area (Å²) in [5.41, 5.74) is 17.2. The van der Waals surface area contributed by atoms with Crippen molar-refractivity contribution in [2.24, 2.45) is 0 Å². The molecular weight excluding hydrogens is 1020 g/mol. The predicted octanol–water partition coefficient (Wildman–Crippen LogP) is 20.0. The van der Waals surface area contributed by atoms with Gasteiger partial charge in [-0.05, 0) is 137 Å². The quantitative estimate of drug-likeness (QED) is 0.114. The van der Waals surface area contributed by atoms with Gasteiger partial charge in [-0.25, -0.2) is 20.0 Å². The van der Waals surface area contributed by atoms with E-state index in [1.165, 1.54) is 21.5 Å². The molecule has 0 saturated heterocycles. The molecule has 0 aliphatic carbocycles. The van der Waals surface area contributed by atoms with Crippen molar-refractivity contribution < 1.29 is 0 Å². The molecule has 16 aromatic rings. The third-order valence-corrected chi connectivity index (χ3v) is 17.0. The van der Waals surface area contributed by atoms with Gasteiger partial charge in [0.1, 0.15) is 0 Å². The van der Waals surface area contributed by atoms with Gasteiger partial charge in [-0.1, -0.05) is 170 Å². The maximum absolute atomic E-state index is 2.45. The van der Waals surface area contributed by atoms with Crippen molar-refractivity contribution in [1.82, 2.24) is 18.7 Å². The molecule has 8 nitrogen and oxygen atoms in total. The fourth-order valence-electron chi connectivity index (χ4n) is 13.5. The fraction of sp³-hybridized carbons (Fsp3) is 0.0526. The highest BCUT2D eigenvalue weighted by molar-refractivity contribution is 6.32. The van der Waals surface area contributed by atoms with Crippen molar-refractivity contribution in [3.8, 4) is 0 Å². The first-order valence-electron chi connectivity index (χ1n) is 28.9. The lowest BCUT2D eigenvalue weighted by atomic mass is 9.90. The monoisotopic (exact) mass is 1080 g/mol. The van der Waals surface area contributed by atoms with Gasteiger partial charge in [-0.2, -0.15) is 0 Å². The Morgan fingerprint density at radius 2 is 0.417 bits per heavy atom. The molecule has 12 aromatic carbocycles. The zero-order chi connectivity index (χ0) is 56.2. The molecule has 0 spiro atoms. The number of rotatable bonds is 12. The van der Waals surface area contributed by atoms with Crippen molar-refractivity contribution in [3.63, 3.8) is 0 Å². The van der Waals surface area contributed by atoms with Gasteiger partial charge in [0.05, 0.1) is 67.6 Å². The number of anilines is 8.